The molecule has 2 saturated heterocycles. The van der Waals surface area contributed by atoms with E-state index in [1.807, 2.05) is 42.0 Å². The fourth-order valence-corrected chi connectivity index (χ4v) is 4.38. The van der Waals surface area contributed by atoms with Crippen LogP contribution in [-0.2, 0) is 21.3 Å². The van der Waals surface area contributed by atoms with E-state index in [1.54, 1.807) is 24.2 Å². The monoisotopic (exact) mass is 427 g/mol. The second-order valence-corrected chi connectivity index (χ2v) is 8.07. The summed E-state index contributed by atoms with van der Waals surface area (Å²) in [5, 5.41) is 4.30. The Morgan fingerprint density at radius 2 is 1.90 bits per heavy atom. The Bertz CT molecular complexity index is 904. The molecule has 2 aliphatic heterocycles. The molecule has 31 heavy (non-hydrogen) atoms. The molecule has 0 aromatic carbocycles. The number of methoxy groups -OCH3 is 1. The van der Waals surface area contributed by atoms with E-state index in [0.717, 1.165) is 24.1 Å². The molecule has 4 heterocycles. The number of aromatic nitrogens is 3. The Morgan fingerprint density at radius 1 is 1.19 bits per heavy atom. The average molecular weight is 428 g/mol. The lowest BCUT2D eigenvalue weighted by molar-refractivity contribution is -0.183. The zero-order chi connectivity index (χ0) is 22.0. The van der Waals surface area contributed by atoms with Gasteiger partial charge in [0, 0.05) is 51.4 Å². The van der Waals surface area contributed by atoms with Crippen molar-refractivity contribution in [2.75, 3.05) is 33.4 Å². The molecular weight excluding hydrogens is 398 g/mol. The van der Waals surface area contributed by atoms with Gasteiger partial charge in [-0.2, -0.15) is 5.10 Å². The minimum Gasteiger partial charge on any atom is -0.382 e. The van der Waals surface area contributed by atoms with Gasteiger partial charge < -0.3 is 19.3 Å². The van der Waals surface area contributed by atoms with E-state index >= 15 is 0 Å². The van der Waals surface area contributed by atoms with Crippen molar-refractivity contribution < 1.29 is 19.1 Å². The Hall–Kier alpha value is -2.78. The average Bonchev–Trinajstić information content (AvgIpc) is 3.13. The number of hydrogen-bond donors (Lipinski definition) is 0. The Labute approximate surface area is 181 Å². The molecule has 166 valence electrons. The number of amides is 2. The minimum absolute atomic E-state index is 0.00282. The summed E-state index contributed by atoms with van der Waals surface area (Å²) in [7, 11) is 3.44. The van der Waals surface area contributed by atoms with Crippen LogP contribution in [-0.4, -0.2) is 81.9 Å². The third-order valence-electron chi connectivity index (χ3n) is 6.19. The van der Waals surface area contributed by atoms with Crippen LogP contribution in [0.15, 0.2) is 30.6 Å². The first-order valence-corrected chi connectivity index (χ1v) is 10.6. The number of nitrogens with zero attached hydrogens (tertiary/aromatic N) is 5. The summed E-state index contributed by atoms with van der Waals surface area (Å²) in [6, 6.07) is 5.60. The van der Waals surface area contributed by atoms with Crippen molar-refractivity contribution in [1.82, 2.24) is 24.6 Å². The van der Waals surface area contributed by atoms with Gasteiger partial charge in [-0.15, -0.1) is 0 Å². The number of aryl methyl sites for hydroxylation is 2. The van der Waals surface area contributed by atoms with Gasteiger partial charge in [-0.3, -0.25) is 19.3 Å². The molecule has 0 saturated carbocycles. The minimum atomic E-state index is -0.506. The third kappa shape index (κ3) is 4.20. The van der Waals surface area contributed by atoms with Crippen LogP contribution in [0.2, 0.25) is 0 Å². The van der Waals surface area contributed by atoms with Gasteiger partial charge in [0.15, 0.2) is 11.8 Å². The summed E-state index contributed by atoms with van der Waals surface area (Å²) in [6.45, 7) is 3.94. The second kappa shape index (κ2) is 9.15. The first kappa shape index (κ1) is 21.5. The van der Waals surface area contributed by atoms with Crippen LogP contribution in [0.1, 0.15) is 40.6 Å². The maximum atomic E-state index is 13.0. The van der Waals surface area contributed by atoms with Gasteiger partial charge in [-0.25, -0.2) is 0 Å². The molecule has 0 aliphatic carbocycles. The molecule has 0 unspecified atom stereocenters. The smallest absolute Gasteiger partial charge is 0.274 e. The second-order valence-electron chi connectivity index (χ2n) is 8.07. The zero-order valence-electron chi connectivity index (χ0n) is 18.2. The van der Waals surface area contributed by atoms with Crippen LogP contribution in [0.5, 0.6) is 0 Å². The number of β-lactam (4-membered cyclic amide) rings is 1. The molecular formula is C22H29N5O4. The van der Waals surface area contributed by atoms with Crippen molar-refractivity contribution in [3.8, 4) is 0 Å². The van der Waals surface area contributed by atoms with E-state index in [4.69, 9.17) is 9.47 Å². The highest BCUT2D eigenvalue weighted by Crippen LogP contribution is 2.40. The van der Waals surface area contributed by atoms with Crippen molar-refractivity contribution in [3.63, 3.8) is 0 Å². The quantitative estimate of drug-likeness (QED) is 0.489. The number of piperidine rings is 1. The van der Waals surface area contributed by atoms with Crippen LogP contribution in [0.25, 0.3) is 0 Å². The fraction of sp³-hybridized carbons (Fsp3) is 0.545. The number of likely N-dealkylation sites (tertiary alicyclic amines) is 2. The van der Waals surface area contributed by atoms with E-state index in [-0.39, 0.29) is 23.9 Å². The number of carbonyl (C=O) groups excluding carboxylic acids is 2. The molecule has 2 aliphatic rings. The molecule has 2 atom stereocenters. The highest BCUT2D eigenvalue weighted by molar-refractivity contribution is 5.92. The normalized spacial score (nSPS) is 22.0. The maximum absolute atomic E-state index is 13.0. The van der Waals surface area contributed by atoms with E-state index in [9.17, 15) is 9.59 Å². The lowest BCUT2D eigenvalue weighted by Gasteiger charge is -2.52. The predicted molar refractivity (Wildman–Crippen MR) is 112 cm³/mol. The highest BCUT2D eigenvalue weighted by Gasteiger charge is 2.52. The largest absolute Gasteiger partial charge is 0.382 e. The molecule has 2 amide bonds. The van der Waals surface area contributed by atoms with Gasteiger partial charge in [-0.1, -0.05) is 0 Å². The first-order valence-electron chi connectivity index (χ1n) is 10.6. The van der Waals surface area contributed by atoms with Crippen molar-refractivity contribution in [3.05, 3.63) is 47.5 Å². The maximum Gasteiger partial charge on any atom is 0.274 e. The molecule has 9 nitrogen and oxygen atoms in total. The molecule has 4 rings (SSSR count). The molecule has 2 aromatic rings. The van der Waals surface area contributed by atoms with E-state index in [2.05, 4.69) is 10.1 Å². The SMILES string of the molecule is COCCO[C@H]1C(=O)N(C2CCN(C(=O)c3cc(C)n(C)n3)CC2)[C@H]1c1ccncc1. The van der Waals surface area contributed by atoms with Gasteiger partial charge in [0.2, 0.25) is 0 Å². The highest BCUT2D eigenvalue weighted by atomic mass is 16.5. The van der Waals surface area contributed by atoms with Crippen LogP contribution in [0.4, 0.5) is 0 Å². The fourth-order valence-electron chi connectivity index (χ4n) is 4.38. The van der Waals surface area contributed by atoms with Crippen molar-refractivity contribution in [2.24, 2.45) is 7.05 Å². The van der Waals surface area contributed by atoms with Gasteiger partial charge in [-0.05, 0) is 43.5 Å². The van der Waals surface area contributed by atoms with Crippen molar-refractivity contribution in [2.45, 2.75) is 38.0 Å². The Balaban J connectivity index is 1.42. The van der Waals surface area contributed by atoms with Gasteiger partial charge in [0.25, 0.3) is 11.8 Å². The van der Waals surface area contributed by atoms with E-state index < -0.39 is 6.10 Å². The number of hydrogen-bond acceptors (Lipinski definition) is 6. The Kier molecular flexibility index (Phi) is 6.33. The van der Waals surface area contributed by atoms with Crippen LogP contribution >= 0.6 is 0 Å². The molecule has 2 aromatic heterocycles. The first-order chi connectivity index (χ1) is 15.0. The van der Waals surface area contributed by atoms with E-state index in [1.165, 1.54) is 0 Å². The number of carbonyl (C=O) groups is 2. The summed E-state index contributed by atoms with van der Waals surface area (Å²) < 4.78 is 12.6. The molecule has 0 radical (unpaired) electrons. The van der Waals surface area contributed by atoms with Crippen LogP contribution in [0, 0.1) is 6.92 Å². The van der Waals surface area contributed by atoms with Gasteiger partial charge >= 0.3 is 0 Å². The lowest BCUT2D eigenvalue weighted by Crippen LogP contribution is -2.65. The third-order valence-corrected chi connectivity index (χ3v) is 6.19. The Morgan fingerprint density at radius 3 is 2.52 bits per heavy atom. The molecule has 2 fully saturated rings. The molecule has 0 spiro atoms. The summed E-state index contributed by atoms with van der Waals surface area (Å²) in [5.41, 5.74) is 2.43. The number of ether oxygens (including phenoxy) is 2. The summed E-state index contributed by atoms with van der Waals surface area (Å²) in [4.78, 5) is 33.6. The summed E-state index contributed by atoms with van der Waals surface area (Å²) in [5.74, 6) is -0.0495. The lowest BCUT2D eigenvalue weighted by atomic mass is 9.86. The summed E-state index contributed by atoms with van der Waals surface area (Å²) >= 11 is 0. The zero-order valence-corrected chi connectivity index (χ0v) is 18.2. The van der Waals surface area contributed by atoms with Crippen LogP contribution < -0.4 is 0 Å². The predicted octanol–water partition coefficient (Wildman–Crippen LogP) is 1.34. The van der Waals surface area contributed by atoms with E-state index in [0.29, 0.717) is 32.0 Å². The van der Waals surface area contributed by atoms with Crippen molar-refractivity contribution >= 4 is 11.8 Å². The van der Waals surface area contributed by atoms with Crippen LogP contribution in [0.3, 0.4) is 0 Å². The molecule has 0 N–H and O–H groups in total. The standard InChI is InChI=1S/C22H29N5O4/c1-15-14-18(24-25(15)2)21(28)26-10-6-17(7-11-26)27-19(16-4-8-23-9-5-16)20(22(27)29)31-13-12-30-3/h4-5,8-9,14,17,19-20H,6-7,10-13H2,1-3H3/t19-,20+/m0/s1. The van der Waals surface area contributed by atoms with Crippen molar-refractivity contribution in [1.29, 1.82) is 0 Å². The van der Waals surface area contributed by atoms with Gasteiger partial charge in [0.1, 0.15) is 0 Å². The van der Waals surface area contributed by atoms with Gasteiger partial charge in [0.05, 0.1) is 19.3 Å². The molecule has 0 bridgehead atoms. The number of rotatable bonds is 7. The summed E-state index contributed by atoms with van der Waals surface area (Å²) in [6.07, 6.45) is 4.43. The number of pyridine rings is 1. The molecule has 9 heteroatoms. The topological polar surface area (TPSA) is 89.8 Å².